The lowest BCUT2D eigenvalue weighted by molar-refractivity contribution is 0.405. The number of aromatic amines is 1. The van der Waals surface area contributed by atoms with Gasteiger partial charge in [-0.05, 0) is 19.8 Å². The number of nitrogens with one attached hydrogen (secondary N) is 1. The second-order valence-corrected chi connectivity index (χ2v) is 5.09. The zero-order valence-electron chi connectivity index (χ0n) is 11.3. The highest BCUT2D eigenvalue weighted by Gasteiger charge is 2.25. The Hall–Kier alpha value is -2.05. The fraction of sp³-hybridized carbons (Fsp3) is 0.583. The molecule has 19 heavy (non-hydrogen) atoms. The van der Waals surface area contributed by atoms with Crippen LogP contribution in [0.25, 0.3) is 0 Å². The van der Waals surface area contributed by atoms with Crippen molar-refractivity contribution in [2.24, 2.45) is 7.05 Å². The molecule has 7 heteroatoms. The van der Waals surface area contributed by atoms with Gasteiger partial charge in [-0.3, -0.25) is 5.10 Å². The largest absolute Gasteiger partial charge is 0.383 e. The van der Waals surface area contributed by atoms with Gasteiger partial charge in [-0.1, -0.05) is 0 Å². The van der Waals surface area contributed by atoms with E-state index >= 15 is 0 Å². The maximum absolute atomic E-state index is 5.84. The van der Waals surface area contributed by atoms with E-state index in [2.05, 4.69) is 25.1 Å². The Bertz CT molecular complexity index is 550. The zero-order valence-corrected chi connectivity index (χ0v) is 11.3. The smallest absolute Gasteiger partial charge is 0.147 e. The van der Waals surface area contributed by atoms with Crippen molar-refractivity contribution in [1.82, 2.24) is 25.0 Å². The Morgan fingerprint density at radius 3 is 2.63 bits per heavy atom. The predicted molar refractivity (Wildman–Crippen MR) is 72.9 cm³/mol. The molecule has 0 bridgehead atoms. The van der Waals surface area contributed by atoms with Gasteiger partial charge < -0.3 is 10.6 Å². The fourth-order valence-electron chi connectivity index (χ4n) is 2.64. The van der Waals surface area contributed by atoms with Crippen LogP contribution in [0.1, 0.15) is 30.1 Å². The van der Waals surface area contributed by atoms with E-state index in [4.69, 9.17) is 5.73 Å². The third-order valence-corrected chi connectivity index (χ3v) is 3.81. The van der Waals surface area contributed by atoms with Crippen molar-refractivity contribution in [1.29, 1.82) is 0 Å². The number of piperidine rings is 1. The number of hydrogen-bond donors (Lipinski definition) is 2. The van der Waals surface area contributed by atoms with Crippen LogP contribution in [0.5, 0.6) is 0 Å². The Kier molecular flexibility index (Phi) is 2.88. The quantitative estimate of drug-likeness (QED) is 0.835. The van der Waals surface area contributed by atoms with Crippen molar-refractivity contribution in [2.75, 3.05) is 23.7 Å². The highest BCUT2D eigenvalue weighted by Crippen LogP contribution is 2.29. The lowest BCUT2D eigenvalue weighted by Crippen LogP contribution is -2.36. The van der Waals surface area contributed by atoms with Gasteiger partial charge in [0.25, 0.3) is 0 Å². The van der Waals surface area contributed by atoms with Crippen molar-refractivity contribution >= 4 is 11.6 Å². The number of H-pyrrole nitrogens is 1. The van der Waals surface area contributed by atoms with Crippen LogP contribution < -0.4 is 10.6 Å². The first-order valence-electron chi connectivity index (χ1n) is 6.56. The van der Waals surface area contributed by atoms with Gasteiger partial charge in [-0.15, -0.1) is 5.10 Å². The van der Waals surface area contributed by atoms with Gasteiger partial charge >= 0.3 is 0 Å². The van der Waals surface area contributed by atoms with Crippen LogP contribution in [0.4, 0.5) is 11.6 Å². The molecule has 1 saturated heterocycles. The van der Waals surface area contributed by atoms with E-state index in [9.17, 15) is 0 Å². The van der Waals surface area contributed by atoms with Crippen LogP contribution in [-0.4, -0.2) is 38.1 Å². The van der Waals surface area contributed by atoms with E-state index in [-0.39, 0.29) is 0 Å². The highest BCUT2D eigenvalue weighted by atomic mass is 15.5. The van der Waals surface area contributed by atoms with Crippen molar-refractivity contribution in [2.45, 2.75) is 25.7 Å². The van der Waals surface area contributed by atoms with Crippen LogP contribution in [0, 0.1) is 6.92 Å². The van der Waals surface area contributed by atoms with E-state index < -0.39 is 0 Å². The molecule has 3 heterocycles. The van der Waals surface area contributed by atoms with Gasteiger partial charge in [0.1, 0.15) is 23.8 Å². The van der Waals surface area contributed by atoms with Crippen LogP contribution in [0.3, 0.4) is 0 Å². The van der Waals surface area contributed by atoms with E-state index in [1.54, 1.807) is 4.80 Å². The fourth-order valence-corrected chi connectivity index (χ4v) is 2.64. The Morgan fingerprint density at radius 2 is 2.00 bits per heavy atom. The SMILES string of the molecule is Cc1c(N)ncnc1N1CCC(c2nn(C)[nH]2)CC1. The summed E-state index contributed by atoms with van der Waals surface area (Å²) in [7, 11) is 1.91. The molecule has 1 aliphatic heterocycles. The van der Waals surface area contributed by atoms with E-state index in [0.717, 1.165) is 43.1 Å². The van der Waals surface area contributed by atoms with Crippen LogP contribution >= 0.6 is 0 Å². The summed E-state index contributed by atoms with van der Waals surface area (Å²) in [5.74, 6) is 3.18. The molecule has 0 radical (unpaired) electrons. The van der Waals surface area contributed by atoms with Gasteiger partial charge in [0, 0.05) is 31.6 Å². The standard InChI is InChI=1S/C12H19N7/c1-8-10(13)14-7-15-12(8)19-5-3-9(4-6-19)11-16-18(2)17-11/h7,9H,3-6H2,1-2H3,(H,16,17)(H2,13,14,15). The number of hydrogen-bond acceptors (Lipinski definition) is 5. The number of nitrogens with two attached hydrogens (primary N) is 1. The molecule has 2 aromatic rings. The molecule has 0 atom stereocenters. The minimum atomic E-state index is 0.534. The molecule has 3 rings (SSSR count). The van der Waals surface area contributed by atoms with Crippen LogP contribution in [0.2, 0.25) is 0 Å². The molecule has 0 spiro atoms. The maximum atomic E-state index is 5.84. The summed E-state index contributed by atoms with van der Waals surface area (Å²) in [4.78, 5) is 12.4. The van der Waals surface area contributed by atoms with Crippen LogP contribution in [0.15, 0.2) is 6.33 Å². The molecular formula is C12H19N7. The summed E-state index contributed by atoms with van der Waals surface area (Å²) < 4.78 is 0. The van der Waals surface area contributed by atoms with Crippen LogP contribution in [-0.2, 0) is 7.05 Å². The third-order valence-electron chi connectivity index (χ3n) is 3.81. The second-order valence-electron chi connectivity index (χ2n) is 5.09. The van der Waals surface area contributed by atoms with E-state index in [0.29, 0.717) is 11.7 Å². The van der Waals surface area contributed by atoms with Gasteiger partial charge in [0.2, 0.25) is 0 Å². The maximum Gasteiger partial charge on any atom is 0.147 e. The highest BCUT2D eigenvalue weighted by molar-refractivity contribution is 5.55. The molecule has 0 unspecified atom stereocenters. The average Bonchev–Trinajstić information content (AvgIpc) is 2.39. The minimum absolute atomic E-state index is 0.534. The number of aryl methyl sites for hydroxylation is 1. The normalized spacial score (nSPS) is 17.1. The second kappa shape index (κ2) is 4.56. The van der Waals surface area contributed by atoms with E-state index in [1.165, 1.54) is 6.33 Å². The first kappa shape index (κ1) is 12.0. The number of aromatic nitrogens is 5. The van der Waals surface area contributed by atoms with E-state index in [1.807, 2.05) is 14.0 Å². The molecule has 1 fully saturated rings. The van der Waals surface area contributed by atoms with Gasteiger partial charge in [0.15, 0.2) is 0 Å². The Balaban J connectivity index is 1.69. The molecule has 2 aromatic heterocycles. The molecule has 7 nitrogen and oxygen atoms in total. The topological polar surface area (TPSA) is 88.7 Å². The molecule has 0 aromatic carbocycles. The first-order valence-corrected chi connectivity index (χ1v) is 6.56. The average molecular weight is 261 g/mol. The molecule has 0 amide bonds. The third kappa shape index (κ3) is 2.16. The summed E-state index contributed by atoms with van der Waals surface area (Å²) in [6.45, 7) is 3.93. The number of anilines is 2. The monoisotopic (exact) mass is 261 g/mol. The molecule has 3 N–H and O–H groups in total. The van der Waals surface area contributed by atoms with Gasteiger partial charge in [-0.25, -0.2) is 14.8 Å². The minimum Gasteiger partial charge on any atom is -0.383 e. The predicted octanol–water partition coefficient (Wildman–Crippen LogP) is 0.813. The molecular weight excluding hydrogens is 242 g/mol. The summed E-state index contributed by atoms with van der Waals surface area (Å²) in [5, 5.41) is 7.56. The molecule has 1 aliphatic rings. The van der Waals surface area contributed by atoms with Crippen molar-refractivity contribution in [3.05, 3.63) is 17.7 Å². The zero-order chi connectivity index (χ0) is 13.4. The van der Waals surface area contributed by atoms with Gasteiger partial charge in [-0.2, -0.15) is 0 Å². The van der Waals surface area contributed by atoms with Crippen molar-refractivity contribution < 1.29 is 0 Å². The van der Waals surface area contributed by atoms with Gasteiger partial charge in [0.05, 0.1) is 0 Å². The summed E-state index contributed by atoms with van der Waals surface area (Å²) in [6.07, 6.45) is 3.71. The Morgan fingerprint density at radius 1 is 1.32 bits per heavy atom. The first-order chi connectivity index (χ1) is 9.15. The summed E-state index contributed by atoms with van der Waals surface area (Å²) in [6, 6.07) is 0. The summed E-state index contributed by atoms with van der Waals surface area (Å²) in [5.41, 5.74) is 6.81. The number of rotatable bonds is 2. The van der Waals surface area contributed by atoms with Crippen molar-refractivity contribution in [3.8, 4) is 0 Å². The summed E-state index contributed by atoms with van der Waals surface area (Å²) >= 11 is 0. The molecule has 0 aliphatic carbocycles. The van der Waals surface area contributed by atoms with Crippen molar-refractivity contribution in [3.63, 3.8) is 0 Å². The Labute approximate surface area is 111 Å². The number of nitrogens with zero attached hydrogens (tertiary/aromatic N) is 5. The molecule has 0 saturated carbocycles. The molecule has 102 valence electrons. The lowest BCUT2D eigenvalue weighted by Gasteiger charge is -2.33. The number of nitrogen functional groups attached to an aromatic ring is 1. The lowest BCUT2D eigenvalue weighted by atomic mass is 9.96.